The first-order valence-corrected chi connectivity index (χ1v) is 10.6. The molecule has 0 radical (unpaired) electrons. The Morgan fingerprint density at radius 2 is 1.93 bits per heavy atom. The third kappa shape index (κ3) is 5.05. The van der Waals surface area contributed by atoms with E-state index >= 15 is 0 Å². The smallest absolute Gasteiger partial charge is 0.229 e. The first-order chi connectivity index (χ1) is 14.4. The van der Waals surface area contributed by atoms with Crippen LogP contribution in [0.25, 0.3) is 11.1 Å². The van der Waals surface area contributed by atoms with E-state index in [0.29, 0.717) is 22.3 Å². The molecule has 0 aliphatic carbocycles. The van der Waals surface area contributed by atoms with Gasteiger partial charge in [0.15, 0.2) is 0 Å². The second-order valence-corrected chi connectivity index (χ2v) is 7.94. The van der Waals surface area contributed by atoms with Gasteiger partial charge in [-0.1, -0.05) is 6.07 Å². The van der Waals surface area contributed by atoms with Gasteiger partial charge < -0.3 is 20.5 Å². The monoisotopic (exact) mass is 427 g/mol. The zero-order valence-electron chi connectivity index (χ0n) is 17.0. The van der Waals surface area contributed by atoms with Gasteiger partial charge in [-0.25, -0.2) is 9.19 Å². The fourth-order valence-electron chi connectivity index (χ4n) is 2.90. The maximum atomic E-state index is 11.3. The molecule has 9 heteroatoms. The number of hydrogen-bond donors (Lipinski definition) is 5. The van der Waals surface area contributed by atoms with E-state index in [1.807, 2.05) is 32.0 Å². The summed E-state index contributed by atoms with van der Waals surface area (Å²) in [6.45, 7) is 3.81. The van der Waals surface area contributed by atoms with Crippen molar-refractivity contribution in [2.75, 3.05) is 24.4 Å². The molecule has 3 rings (SSSR count). The third-order valence-corrected chi connectivity index (χ3v) is 5.29. The first kappa shape index (κ1) is 21.5. The van der Waals surface area contributed by atoms with Crippen molar-refractivity contribution >= 4 is 28.0 Å². The fraction of sp³-hybridized carbons (Fsp3) is 0.238. The van der Waals surface area contributed by atoms with Gasteiger partial charge in [-0.2, -0.15) is 4.98 Å². The van der Waals surface area contributed by atoms with Crippen LogP contribution in [-0.4, -0.2) is 39.0 Å². The van der Waals surface area contributed by atoms with E-state index in [1.165, 1.54) is 0 Å². The molecular formula is C21H25N5O3S. The summed E-state index contributed by atoms with van der Waals surface area (Å²) in [6, 6.07) is 12.3. The zero-order valence-corrected chi connectivity index (χ0v) is 17.9. The van der Waals surface area contributed by atoms with Crippen molar-refractivity contribution in [3.8, 4) is 16.9 Å². The third-order valence-electron chi connectivity index (χ3n) is 4.53. The van der Waals surface area contributed by atoms with Gasteiger partial charge in [-0.3, -0.25) is 4.78 Å². The number of aryl methyl sites for hydroxylation is 1. The molecule has 0 saturated carbocycles. The van der Waals surface area contributed by atoms with E-state index in [9.17, 15) is 9.32 Å². The predicted molar refractivity (Wildman–Crippen MR) is 119 cm³/mol. The Morgan fingerprint density at radius 3 is 2.53 bits per heavy atom. The van der Waals surface area contributed by atoms with Crippen LogP contribution in [0.5, 0.6) is 5.75 Å². The Bertz CT molecular complexity index is 1090. The van der Waals surface area contributed by atoms with E-state index in [1.54, 1.807) is 37.6 Å². The molecule has 2 aromatic carbocycles. The maximum Gasteiger partial charge on any atom is 0.229 e. The Balaban J connectivity index is 1.96. The predicted octanol–water partition coefficient (Wildman–Crippen LogP) is 3.60. The summed E-state index contributed by atoms with van der Waals surface area (Å²) in [4.78, 5) is 9.50. The van der Waals surface area contributed by atoms with Crippen LogP contribution in [0.2, 0.25) is 0 Å². The maximum absolute atomic E-state index is 11.3. The number of thiol groups is 1. The minimum atomic E-state index is -2.12. The Hall–Kier alpha value is -3.17. The summed E-state index contributed by atoms with van der Waals surface area (Å²) < 4.78 is 23.8. The topological polar surface area (TPSA) is 120 Å². The average molecular weight is 428 g/mol. The van der Waals surface area contributed by atoms with Gasteiger partial charge in [-0.05, 0) is 61.4 Å². The minimum Gasteiger partial charge on any atom is -0.497 e. The minimum absolute atomic E-state index is 0.0411. The van der Waals surface area contributed by atoms with Gasteiger partial charge in [0, 0.05) is 28.4 Å². The summed E-state index contributed by atoms with van der Waals surface area (Å²) in [7, 11) is -0.495. The van der Waals surface area contributed by atoms with Crippen LogP contribution in [0, 0.1) is 11.7 Å². The van der Waals surface area contributed by atoms with Crippen molar-refractivity contribution in [2.24, 2.45) is 0 Å². The molecule has 3 aromatic rings. The highest BCUT2D eigenvalue weighted by Gasteiger charge is 2.14. The molecule has 2 atom stereocenters. The summed E-state index contributed by atoms with van der Waals surface area (Å²) >= 11 is 0. The number of methoxy groups -OCH3 is 1. The van der Waals surface area contributed by atoms with Crippen LogP contribution in [0.4, 0.5) is 17.5 Å². The molecule has 1 heterocycles. The van der Waals surface area contributed by atoms with E-state index in [-0.39, 0.29) is 12.6 Å². The van der Waals surface area contributed by atoms with Gasteiger partial charge in [0.2, 0.25) is 5.95 Å². The molecule has 0 bridgehead atoms. The number of nitrogens with zero attached hydrogens (tertiary/aromatic N) is 2. The second-order valence-electron chi connectivity index (χ2n) is 6.83. The van der Waals surface area contributed by atoms with E-state index in [0.717, 1.165) is 22.4 Å². The number of aromatic nitrogens is 2. The lowest BCUT2D eigenvalue weighted by Crippen LogP contribution is -2.21. The van der Waals surface area contributed by atoms with Crippen LogP contribution in [0.15, 0.2) is 53.6 Å². The second kappa shape index (κ2) is 9.55. The number of aliphatic hydroxyl groups is 1. The summed E-state index contributed by atoms with van der Waals surface area (Å²) in [5.41, 5.74) is 3.49. The Morgan fingerprint density at radius 1 is 1.20 bits per heavy atom. The number of hydrogen-bond acceptors (Lipinski definition) is 8. The zero-order chi connectivity index (χ0) is 21.7. The summed E-state index contributed by atoms with van der Waals surface area (Å²) in [5, 5.41) is 15.8. The summed E-state index contributed by atoms with van der Waals surface area (Å²) in [6.07, 6.45) is 1.73. The van der Waals surface area contributed by atoms with Crippen molar-refractivity contribution in [1.82, 2.24) is 9.97 Å². The molecule has 30 heavy (non-hydrogen) atoms. The van der Waals surface area contributed by atoms with Gasteiger partial charge in [-0.15, -0.1) is 0 Å². The Kier molecular flexibility index (Phi) is 6.86. The molecule has 0 amide bonds. The van der Waals surface area contributed by atoms with Gasteiger partial charge in [0.05, 0.1) is 24.3 Å². The van der Waals surface area contributed by atoms with Crippen molar-refractivity contribution in [3.05, 3.63) is 54.2 Å². The van der Waals surface area contributed by atoms with Crippen molar-refractivity contribution in [1.29, 1.82) is 4.78 Å². The lowest BCUT2D eigenvalue weighted by molar-refractivity contribution is 0.281. The molecule has 158 valence electrons. The van der Waals surface area contributed by atoms with Crippen molar-refractivity contribution in [2.45, 2.75) is 24.8 Å². The van der Waals surface area contributed by atoms with Crippen LogP contribution in [-0.2, 0) is 10.6 Å². The quantitative estimate of drug-likeness (QED) is 0.348. The van der Waals surface area contributed by atoms with Crippen LogP contribution in [0.3, 0.4) is 0 Å². The standard InChI is InChI=1S/C21H25N5O3S/c1-13-10-16(29-3)6-9-18(13)19-11-23-21(26-20(19)24-14(2)12-27)25-15-4-7-17(8-5-15)30(22)28/h4-11,14,22,27,30H,12H2,1-3H3,(H2,23,24,25,26)/t14-/m1/s1. The molecule has 1 unspecified atom stereocenters. The average Bonchev–Trinajstić information content (AvgIpc) is 2.74. The number of ether oxygens (including phenoxy) is 1. The van der Waals surface area contributed by atoms with Gasteiger partial charge in [0.25, 0.3) is 0 Å². The number of anilines is 3. The molecule has 0 aliphatic heterocycles. The molecule has 0 aliphatic rings. The highest BCUT2D eigenvalue weighted by Crippen LogP contribution is 2.32. The van der Waals surface area contributed by atoms with Crippen LogP contribution in [0.1, 0.15) is 12.5 Å². The molecule has 0 saturated heterocycles. The number of benzene rings is 2. The molecule has 0 spiro atoms. The lowest BCUT2D eigenvalue weighted by Gasteiger charge is -2.18. The normalized spacial score (nSPS) is 12.8. The number of nitrogens with one attached hydrogen (secondary N) is 3. The fourth-order valence-corrected chi connectivity index (χ4v) is 3.32. The number of aliphatic hydroxyl groups excluding tert-OH is 1. The Labute approximate surface area is 177 Å². The number of rotatable bonds is 8. The highest BCUT2D eigenvalue weighted by molar-refractivity contribution is 7.73. The van der Waals surface area contributed by atoms with Gasteiger partial charge >= 0.3 is 0 Å². The van der Waals surface area contributed by atoms with E-state index in [4.69, 9.17) is 9.52 Å². The largest absolute Gasteiger partial charge is 0.497 e. The molecule has 4 N–H and O–H groups in total. The van der Waals surface area contributed by atoms with Crippen molar-refractivity contribution in [3.63, 3.8) is 0 Å². The molecular weight excluding hydrogens is 402 g/mol. The first-order valence-electron chi connectivity index (χ1n) is 9.36. The molecule has 1 aromatic heterocycles. The van der Waals surface area contributed by atoms with Gasteiger partial charge in [0.1, 0.15) is 11.6 Å². The SMILES string of the molecule is COc1ccc(-c2cnc(Nc3ccc([SH](=N)=O)cc3)nc2N[C@H](C)CO)c(C)c1. The van der Waals surface area contributed by atoms with Crippen LogP contribution >= 0.6 is 0 Å². The van der Waals surface area contributed by atoms with E-state index in [2.05, 4.69) is 20.6 Å². The lowest BCUT2D eigenvalue weighted by atomic mass is 10.0. The summed E-state index contributed by atoms with van der Waals surface area (Å²) in [5.74, 6) is 1.74. The molecule has 8 nitrogen and oxygen atoms in total. The van der Waals surface area contributed by atoms with E-state index < -0.39 is 10.6 Å². The van der Waals surface area contributed by atoms with Crippen LogP contribution < -0.4 is 15.4 Å². The molecule has 0 fully saturated rings. The van der Waals surface area contributed by atoms with Crippen molar-refractivity contribution < 1.29 is 14.1 Å². The highest BCUT2D eigenvalue weighted by atomic mass is 32.2.